The van der Waals surface area contributed by atoms with Crippen LogP contribution in [0.1, 0.15) is 21.5 Å². The molecule has 0 aliphatic heterocycles. The van der Waals surface area contributed by atoms with E-state index in [1.807, 2.05) is 56.3 Å². The van der Waals surface area contributed by atoms with E-state index in [-0.39, 0.29) is 5.91 Å². The molecule has 0 aromatic heterocycles. The monoisotopic (exact) mass is 395 g/mol. The number of nitrogens with one attached hydrogen (secondary N) is 1. The number of rotatable bonds is 5. The van der Waals surface area contributed by atoms with Gasteiger partial charge in [0.25, 0.3) is 5.91 Å². The summed E-state index contributed by atoms with van der Waals surface area (Å²) in [6.07, 6.45) is 0. The molecule has 0 heterocycles. The van der Waals surface area contributed by atoms with E-state index in [1.165, 1.54) is 0 Å². The van der Waals surface area contributed by atoms with Crippen molar-refractivity contribution in [3.05, 3.63) is 62.7 Å². The third-order valence-electron chi connectivity index (χ3n) is 3.11. The van der Waals surface area contributed by atoms with Gasteiger partial charge >= 0.3 is 0 Å². The number of hydrogen-bond acceptors (Lipinski definition) is 2. The predicted molar refractivity (Wildman–Crippen MR) is 92.9 cm³/mol. The maximum atomic E-state index is 12.1. The third kappa shape index (κ3) is 4.46. The van der Waals surface area contributed by atoms with E-state index >= 15 is 0 Å². The fraction of sp³-hybridized carbons (Fsp3) is 0.235. The molecular formula is C17H18INO2. The largest absolute Gasteiger partial charge is 0.491 e. The van der Waals surface area contributed by atoms with Crippen LogP contribution in [0.25, 0.3) is 0 Å². The zero-order valence-electron chi connectivity index (χ0n) is 12.2. The SMILES string of the molecule is Cc1ccc(C(=O)NCCOc2ccccc2C)c(I)c1. The zero-order chi connectivity index (χ0) is 15.2. The third-order valence-corrected chi connectivity index (χ3v) is 4.00. The van der Waals surface area contributed by atoms with Gasteiger partial charge < -0.3 is 10.1 Å². The average molecular weight is 395 g/mol. The summed E-state index contributed by atoms with van der Waals surface area (Å²) >= 11 is 2.18. The lowest BCUT2D eigenvalue weighted by Crippen LogP contribution is -2.28. The highest BCUT2D eigenvalue weighted by molar-refractivity contribution is 14.1. The second-order valence-corrected chi connectivity index (χ2v) is 6.02. The maximum absolute atomic E-state index is 12.1. The predicted octanol–water partition coefficient (Wildman–Crippen LogP) is 3.72. The van der Waals surface area contributed by atoms with Crippen LogP contribution in [0.4, 0.5) is 0 Å². The van der Waals surface area contributed by atoms with Crippen molar-refractivity contribution in [3.63, 3.8) is 0 Å². The van der Waals surface area contributed by atoms with E-state index in [0.717, 1.165) is 20.4 Å². The van der Waals surface area contributed by atoms with Gasteiger partial charge in [0.15, 0.2) is 0 Å². The van der Waals surface area contributed by atoms with Crippen LogP contribution in [0.2, 0.25) is 0 Å². The second-order valence-electron chi connectivity index (χ2n) is 4.85. The Kier molecular flexibility index (Phi) is 5.61. The Labute approximate surface area is 138 Å². The summed E-state index contributed by atoms with van der Waals surface area (Å²) in [5, 5.41) is 2.88. The maximum Gasteiger partial charge on any atom is 0.252 e. The summed E-state index contributed by atoms with van der Waals surface area (Å²) in [5.74, 6) is 0.796. The number of halogens is 1. The molecule has 0 aliphatic rings. The molecule has 0 bridgehead atoms. The molecule has 2 aromatic rings. The molecule has 4 heteroatoms. The Morgan fingerprint density at radius 2 is 1.95 bits per heavy atom. The molecular weight excluding hydrogens is 377 g/mol. The number of carbonyl (C=O) groups excluding carboxylic acids is 1. The fourth-order valence-electron chi connectivity index (χ4n) is 1.94. The Balaban J connectivity index is 1.83. The lowest BCUT2D eigenvalue weighted by atomic mass is 10.1. The molecule has 1 amide bonds. The van der Waals surface area contributed by atoms with Gasteiger partial charge in [-0.05, 0) is 60.2 Å². The molecule has 0 radical (unpaired) electrons. The van der Waals surface area contributed by atoms with E-state index < -0.39 is 0 Å². The van der Waals surface area contributed by atoms with Gasteiger partial charge in [-0.25, -0.2) is 0 Å². The summed E-state index contributed by atoms with van der Waals surface area (Å²) in [6.45, 7) is 4.96. The molecule has 110 valence electrons. The van der Waals surface area contributed by atoms with Crippen LogP contribution in [-0.4, -0.2) is 19.1 Å². The smallest absolute Gasteiger partial charge is 0.252 e. The average Bonchev–Trinajstić information content (AvgIpc) is 2.45. The van der Waals surface area contributed by atoms with E-state index in [1.54, 1.807) is 0 Å². The highest BCUT2D eigenvalue weighted by Gasteiger charge is 2.09. The summed E-state index contributed by atoms with van der Waals surface area (Å²) in [7, 11) is 0. The molecule has 0 atom stereocenters. The Hall–Kier alpha value is -1.56. The molecule has 0 fully saturated rings. The highest BCUT2D eigenvalue weighted by atomic mass is 127. The van der Waals surface area contributed by atoms with Gasteiger partial charge in [-0.15, -0.1) is 0 Å². The Bertz CT molecular complexity index is 640. The van der Waals surface area contributed by atoms with E-state index in [4.69, 9.17) is 4.74 Å². The van der Waals surface area contributed by atoms with Gasteiger partial charge in [-0.3, -0.25) is 4.79 Å². The van der Waals surface area contributed by atoms with E-state index in [9.17, 15) is 4.79 Å². The van der Waals surface area contributed by atoms with Crippen LogP contribution in [0, 0.1) is 17.4 Å². The van der Waals surface area contributed by atoms with Crippen molar-refractivity contribution in [1.29, 1.82) is 0 Å². The van der Waals surface area contributed by atoms with Gasteiger partial charge in [0.05, 0.1) is 12.1 Å². The van der Waals surface area contributed by atoms with Crippen LogP contribution in [0.3, 0.4) is 0 Å². The van der Waals surface area contributed by atoms with Gasteiger partial charge in [0.2, 0.25) is 0 Å². The number of ether oxygens (including phenoxy) is 1. The number of para-hydroxylation sites is 1. The quantitative estimate of drug-likeness (QED) is 0.619. The minimum atomic E-state index is -0.0622. The van der Waals surface area contributed by atoms with Crippen LogP contribution in [0.15, 0.2) is 42.5 Å². The number of carbonyl (C=O) groups is 1. The summed E-state index contributed by atoms with van der Waals surface area (Å²) in [6, 6.07) is 13.6. The molecule has 2 rings (SSSR count). The molecule has 0 saturated carbocycles. The first-order valence-corrected chi connectivity index (χ1v) is 7.88. The van der Waals surface area contributed by atoms with Crippen molar-refractivity contribution >= 4 is 28.5 Å². The normalized spacial score (nSPS) is 10.2. The number of amides is 1. The van der Waals surface area contributed by atoms with Crippen LogP contribution < -0.4 is 10.1 Å². The molecule has 0 spiro atoms. The first-order chi connectivity index (χ1) is 10.1. The Morgan fingerprint density at radius 3 is 2.67 bits per heavy atom. The molecule has 2 aromatic carbocycles. The first kappa shape index (κ1) is 15.8. The van der Waals surface area contributed by atoms with Gasteiger partial charge in [0, 0.05) is 3.57 Å². The van der Waals surface area contributed by atoms with E-state index in [2.05, 4.69) is 27.9 Å². The zero-order valence-corrected chi connectivity index (χ0v) is 14.3. The van der Waals surface area contributed by atoms with Gasteiger partial charge in [-0.1, -0.05) is 29.8 Å². The van der Waals surface area contributed by atoms with Crippen molar-refractivity contribution in [2.75, 3.05) is 13.2 Å². The van der Waals surface area contributed by atoms with Crippen molar-refractivity contribution in [1.82, 2.24) is 5.32 Å². The van der Waals surface area contributed by atoms with Crippen LogP contribution >= 0.6 is 22.6 Å². The fourth-order valence-corrected chi connectivity index (χ4v) is 2.86. The summed E-state index contributed by atoms with van der Waals surface area (Å²) < 4.78 is 6.62. The highest BCUT2D eigenvalue weighted by Crippen LogP contribution is 2.16. The molecule has 0 saturated heterocycles. The molecule has 21 heavy (non-hydrogen) atoms. The lowest BCUT2D eigenvalue weighted by molar-refractivity contribution is 0.0946. The lowest BCUT2D eigenvalue weighted by Gasteiger charge is -2.10. The van der Waals surface area contributed by atoms with Crippen molar-refractivity contribution < 1.29 is 9.53 Å². The van der Waals surface area contributed by atoms with E-state index in [0.29, 0.717) is 18.7 Å². The molecule has 0 aliphatic carbocycles. The number of benzene rings is 2. The first-order valence-electron chi connectivity index (χ1n) is 6.80. The van der Waals surface area contributed by atoms with Gasteiger partial charge in [0.1, 0.15) is 12.4 Å². The van der Waals surface area contributed by atoms with Crippen molar-refractivity contribution in [2.45, 2.75) is 13.8 Å². The second kappa shape index (κ2) is 7.45. The number of hydrogen-bond donors (Lipinski definition) is 1. The molecule has 3 nitrogen and oxygen atoms in total. The number of aryl methyl sites for hydroxylation is 2. The standard InChI is InChI=1S/C17H18INO2/c1-12-7-8-14(15(18)11-12)17(20)19-9-10-21-16-6-4-3-5-13(16)2/h3-8,11H,9-10H2,1-2H3,(H,19,20). The topological polar surface area (TPSA) is 38.3 Å². The molecule has 0 unspecified atom stereocenters. The molecule has 1 N–H and O–H groups in total. The summed E-state index contributed by atoms with van der Waals surface area (Å²) in [5.41, 5.74) is 2.95. The Morgan fingerprint density at radius 1 is 1.19 bits per heavy atom. The van der Waals surface area contributed by atoms with Crippen molar-refractivity contribution in [2.24, 2.45) is 0 Å². The van der Waals surface area contributed by atoms with Gasteiger partial charge in [-0.2, -0.15) is 0 Å². The van der Waals surface area contributed by atoms with Crippen LogP contribution in [0.5, 0.6) is 5.75 Å². The minimum absolute atomic E-state index is 0.0622. The minimum Gasteiger partial charge on any atom is -0.491 e. The van der Waals surface area contributed by atoms with Crippen molar-refractivity contribution in [3.8, 4) is 5.75 Å². The van der Waals surface area contributed by atoms with Crippen LogP contribution in [-0.2, 0) is 0 Å². The summed E-state index contributed by atoms with van der Waals surface area (Å²) in [4.78, 5) is 12.1.